The summed E-state index contributed by atoms with van der Waals surface area (Å²) in [5, 5.41) is 0. The Balaban J connectivity index is 2.52. The molecule has 0 aromatic heterocycles. The molecule has 144 valence electrons. The maximum Gasteiger partial charge on any atom is 0.287 e. The minimum absolute atomic E-state index is 0.0300. The maximum atomic E-state index is 5.95. The standard InChI is InChI=1S/C21H36O4/c1-5-6-7-8-9-13-16-20(21(22-2,23-3)24-4)18-25-17-19-14-11-10-12-15-19/h10-12,14-15,20H,5-9,13,16-18H2,1-4H3. The van der Waals surface area contributed by atoms with Gasteiger partial charge < -0.3 is 18.9 Å². The van der Waals surface area contributed by atoms with Gasteiger partial charge in [-0.3, -0.25) is 0 Å². The van der Waals surface area contributed by atoms with E-state index in [9.17, 15) is 0 Å². The van der Waals surface area contributed by atoms with Crippen molar-refractivity contribution in [1.82, 2.24) is 0 Å². The molecule has 0 spiro atoms. The smallest absolute Gasteiger partial charge is 0.287 e. The predicted octanol–water partition coefficient (Wildman–Crippen LogP) is 5.16. The lowest BCUT2D eigenvalue weighted by Crippen LogP contribution is -2.46. The molecule has 1 aromatic carbocycles. The number of methoxy groups -OCH3 is 3. The summed E-state index contributed by atoms with van der Waals surface area (Å²) in [6, 6.07) is 10.2. The Morgan fingerprint density at radius 2 is 1.44 bits per heavy atom. The lowest BCUT2D eigenvalue weighted by atomic mass is 9.98. The van der Waals surface area contributed by atoms with Gasteiger partial charge in [0.25, 0.3) is 5.97 Å². The highest BCUT2D eigenvalue weighted by molar-refractivity contribution is 5.13. The van der Waals surface area contributed by atoms with Gasteiger partial charge in [-0.05, 0) is 12.0 Å². The summed E-state index contributed by atoms with van der Waals surface area (Å²) in [5.74, 6) is -1.01. The minimum Gasteiger partial charge on any atom is -0.376 e. The third kappa shape index (κ3) is 7.87. The van der Waals surface area contributed by atoms with Crippen LogP contribution in [0.5, 0.6) is 0 Å². The maximum absolute atomic E-state index is 5.95. The van der Waals surface area contributed by atoms with Crippen LogP contribution in [0.3, 0.4) is 0 Å². The fraction of sp³-hybridized carbons (Fsp3) is 0.714. The van der Waals surface area contributed by atoms with Gasteiger partial charge in [-0.15, -0.1) is 0 Å². The molecule has 0 heterocycles. The fourth-order valence-electron chi connectivity index (χ4n) is 3.18. The van der Waals surface area contributed by atoms with Gasteiger partial charge in [-0.25, -0.2) is 0 Å². The SMILES string of the molecule is CCCCCCCCC(COCc1ccccc1)C(OC)(OC)OC. The number of ether oxygens (including phenoxy) is 4. The summed E-state index contributed by atoms with van der Waals surface area (Å²) in [4.78, 5) is 0. The van der Waals surface area contributed by atoms with Crippen LogP contribution in [-0.2, 0) is 25.6 Å². The van der Waals surface area contributed by atoms with Crippen molar-refractivity contribution >= 4 is 0 Å². The van der Waals surface area contributed by atoms with E-state index >= 15 is 0 Å². The molecule has 1 atom stereocenters. The van der Waals surface area contributed by atoms with Crippen LogP contribution >= 0.6 is 0 Å². The molecule has 0 aliphatic carbocycles. The van der Waals surface area contributed by atoms with Crippen LogP contribution in [0, 0.1) is 5.92 Å². The molecule has 1 rings (SSSR count). The minimum atomic E-state index is -1.04. The number of unbranched alkanes of at least 4 members (excludes halogenated alkanes) is 5. The molecule has 0 bridgehead atoms. The highest BCUT2D eigenvalue weighted by atomic mass is 16.9. The fourth-order valence-corrected chi connectivity index (χ4v) is 3.18. The van der Waals surface area contributed by atoms with Gasteiger partial charge >= 0.3 is 0 Å². The molecule has 0 fully saturated rings. The van der Waals surface area contributed by atoms with Gasteiger partial charge in [-0.1, -0.05) is 75.8 Å². The van der Waals surface area contributed by atoms with Crippen LogP contribution in [0.1, 0.15) is 57.4 Å². The number of hydrogen-bond donors (Lipinski definition) is 0. The molecule has 0 saturated carbocycles. The molecule has 1 aromatic rings. The summed E-state index contributed by atoms with van der Waals surface area (Å²) in [6.07, 6.45) is 8.50. The van der Waals surface area contributed by atoms with Crippen LogP contribution in [-0.4, -0.2) is 33.9 Å². The normalized spacial score (nSPS) is 13.1. The van der Waals surface area contributed by atoms with E-state index in [2.05, 4.69) is 19.1 Å². The Labute approximate surface area is 153 Å². The van der Waals surface area contributed by atoms with Crippen LogP contribution in [0.15, 0.2) is 30.3 Å². The lowest BCUT2D eigenvalue weighted by Gasteiger charge is -2.36. The highest BCUT2D eigenvalue weighted by Gasteiger charge is 2.39. The van der Waals surface area contributed by atoms with Gasteiger partial charge in [0.1, 0.15) is 0 Å². The van der Waals surface area contributed by atoms with E-state index < -0.39 is 5.97 Å². The topological polar surface area (TPSA) is 36.9 Å². The van der Waals surface area contributed by atoms with Crippen molar-refractivity contribution in [1.29, 1.82) is 0 Å². The second-order valence-corrected chi connectivity index (χ2v) is 6.47. The summed E-state index contributed by atoms with van der Waals surface area (Å²) in [7, 11) is 4.87. The van der Waals surface area contributed by atoms with Crippen molar-refractivity contribution in [2.75, 3.05) is 27.9 Å². The van der Waals surface area contributed by atoms with Gasteiger partial charge in [-0.2, -0.15) is 0 Å². The largest absolute Gasteiger partial charge is 0.376 e. The molecule has 1 unspecified atom stereocenters. The van der Waals surface area contributed by atoms with E-state index in [-0.39, 0.29) is 5.92 Å². The monoisotopic (exact) mass is 352 g/mol. The first-order chi connectivity index (χ1) is 12.2. The Kier molecular flexibility index (Phi) is 11.7. The molecular weight excluding hydrogens is 316 g/mol. The molecule has 0 saturated heterocycles. The Morgan fingerprint density at radius 1 is 0.840 bits per heavy atom. The zero-order chi connectivity index (χ0) is 18.4. The van der Waals surface area contributed by atoms with E-state index in [0.29, 0.717) is 13.2 Å². The third-order valence-electron chi connectivity index (χ3n) is 4.69. The van der Waals surface area contributed by atoms with Gasteiger partial charge in [0.15, 0.2) is 0 Å². The summed E-state index contributed by atoms with van der Waals surface area (Å²) < 4.78 is 22.7. The highest BCUT2D eigenvalue weighted by Crippen LogP contribution is 2.29. The first-order valence-corrected chi connectivity index (χ1v) is 9.49. The second-order valence-electron chi connectivity index (χ2n) is 6.47. The van der Waals surface area contributed by atoms with Gasteiger partial charge in [0.2, 0.25) is 0 Å². The zero-order valence-electron chi connectivity index (χ0n) is 16.5. The van der Waals surface area contributed by atoms with Crippen LogP contribution in [0.25, 0.3) is 0 Å². The van der Waals surface area contributed by atoms with Gasteiger partial charge in [0, 0.05) is 21.3 Å². The number of benzene rings is 1. The average molecular weight is 353 g/mol. The molecule has 4 heteroatoms. The van der Waals surface area contributed by atoms with Crippen LogP contribution in [0.2, 0.25) is 0 Å². The van der Waals surface area contributed by atoms with E-state index in [0.717, 1.165) is 12.8 Å². The first kappa shape index (κ1) is 22.1. The third-order valence-corrected chi connectivity index (χ3v) is 4.69. The number of rotatable bonds is 15. The van der Waals surface area contributed by atoms with E-state index in [1.54, 1.807) is 21.3 Å². The van der Waals surface area contributed by atoms with E-state index in [1.165, 1.54) is 37.7 Å². The van der Waals surface area contributed by atoms with Crippen molar-refractivity contribution in [3.63, 3.8) is 0 Å². The average Bonchev–Trinajstić information content (AvgIpc) is 2.66. The molecule has 0 amide bonds. The second kappa shape index (κ2) is 13.3. The Hall–Kier alpha value is -0.940. The van der Waals surface area contributed by atoms with Crippen molar-refractivity contribution < 1.29 is 18.9 Å². The lowest BCUT2D eigenvalue weighted by molar-refractivity contribution is -0.383. The molecule has 0 aliphatic heterocycles. The van der Waals surface area contributed by atoms with Crippen molar-refractivity contribution in [2.24, 2.45) is 5.92 Å². The van der Waals surface area contributed by atoms with Crippen LogP contribution < -0.4 is 0 Å². The van der Waals surface area contributed by atoms with E-state index in [4.69, 9.17) is 18.9 Å². The molecular formula is C21H36O4. The predicted molar refractivity (Wildman–Crippen MR) is 101 cm³/mol. The summed E-state index contributed by atoms with van der Waals surface area (Å²) in [6.45, 7) is 3.37. The van der Waals surface area contributed by atoms with Crippen LogP contribution in [0.4, 0.5) is 0 Å². The first-order valence-electron chi connectivity index (χ1n) is 9.49. The molecule has 25 heavy (non-hydrogen) atoms. The van der Waals surface area contributed by atoms with Crippen molar-refractivity contribution in [3.8, 4) is 0 Å². The molecule has 4 nitrogen and oxygen atoms in total. The summed E-state index contributed by atoms with van der Waals surface area (Å²) in [5.41, 5.74) is 1.17. The Bertz CT molecular complexity index is 409. The van der Waals surface area contributed by atoms with Crippen molar-refractivity contribution in [3.05, 3.63) is 35.9 Å². The summed E-state index contributed by atoms with van der Waals surface area (Å²) >= 11 is 0. The number of hydrogen-bond acceptors (Lipinski definition) is 4. The zero-order valence-corrected chi connectivity index (χ0v) is 16.5. The van der Waals surface area contributed by atoms with E-state index in [1.807, 2.05) is 18.2 Å². The van der Waals surface area contributed by atoms with Gasteiger partial charge in [0.05, 0.1) is 19.1 Å². The molecule has 0 N–H and O–H groups in total. The quantitative estimate of drug-likeness (QED) is 0.323. The van der Waals surface area contributed by atoms with Crippen molar-refractivity contribution in [2.45, 2.75) is 64.4 Å². The molecule has 0 aliphatic rings. The molecule has 0 radical (unpaired) electrons. The Morgan fingerprint density at radius 3 is 2.04 bits per heavy atom.